The van der Waals surface area contributed by atoms with E-state index < -0.39 is 0 Å². The van der Waals surface area contributed by atoms with Gasteiger partial charge in [-0.25, -0.2) is 0 Å². The van der Waals surface area contributed by atoms with E-state index in [1.54, 1.807) is 0 Å². The minimum absolute atomic E-state index is 0.274. The van der Waals surface area contributed by atoms with Gasteiger partial charge in [-0.15, -0.1) is 0 Å². The number of hydrogen-bond acceptors (Lipinski definition) is 3. The van der Waals surface area contributed by atoms with Crippen LogP contribution in [0.2, 0.25) is 0 Å². The topological polar surface area (TPSA) is 47.6 Å². The van der Waals surface area contributed by atoms with Crippen LogP contribution < -0.4 is 5.73 Å². The molecule has 1 aliphatic rings. The largest absolute Gasteiger partial charge is 0.479 e. The summed E-state index contributed by atoms with van der Waals surface area (Å²) in [5.74, 6) is 0.498. The summed E-state index contributed by atoms with van der Waals surface area (Å²) < 4.78 is 5.25. The third-order valence-electron chi connectivity index (χ3n) is 2.26. The van der Waals surface area contributed by atoms with Crippen molar-refractivity contribution in [3.8, 4) is 0 Å². The minimum atomic E-state index is 0.274. The van der Waals surface area contributed by atoms with Gasteiger partial charge in [0.2, 0.25) is 0 Å². The van der Waals surface area contributed by atoms with E-state index in [1.807, 2.05) is 19.1 Å². The standard InChI is InChI=1S/C13H22N2O/c1-5-16-12(14)10-6-7-11(15-9-10)8-13(2,3)4/h6-7H,5,8-9,14H2,1-4H3. The first-order valence-corrected chi connectivity index (χ1v) is 5.75. The second kappa shape index (κ2) is 5.19. The summed E-state index contributed by atoms with van der Waals surface area (Å²) in [5, 5.41) is 0. The van der Waals surface area contributed by atoms with Gasteiger partial charge in [0.1, 0.15) is 0 Å². The summed E-state index contributed by atoms with van der Waals surface area (Å²) in [6.45, 7) is 9.79. The first-order chi connectivity index (χ1) is 7.42. The third kappa shape index (κ3) is 4.09. The van der Waals surface area contributed by atoms with E-state index in [-0.39, 0.29) is 5.41 Å². The van der Waals surface area contributed by atoms with Crippen LogP contribution in [0.15, 0.2) is 28.6 Å². The molecule has 0 aromatic carbocycles. The second-order valence-corrected chi connectivity index (χ2v) is 5.20. The quantitative estimate of drug-likeness (QED) is 0.746. The lowest BCUT2D eigenvalue weighted by atomic mass is 9.89. The highest BCUT2D eigenvalue weighted by molar-refractivity contribution is 5.96. The maximum absolute atomic E-state index is 5.77. The minimum Gasteiger partial charge on any atom is -0.479 e. The summed E-state index contributed by atoms with van der Waals surface area (Å²) in [7, 11) is 0. The Balaban J connectivity index is 2.63. The molecule has 0 unspecified atom stereocenters. The number of aliphatic imine (C=N–C) groups is 1. The van der Waals surface area contributed by atoms with Crippen LogP contribution in [0.4, 0.5) is 0 Å². The molecule has 1 aliphatic heterocycles. The van der Waals surface area contributed by atoms with Crippen LogP contribution in [0.5, 0.6) is 0 Å². The summed E-state index contributed by atoms with van der Waals surface area (Å²) in [6, 6.07) is 0. The molecule has 1 heterocycles. The second-order valence-electron chi connectivity index (χ2n) is 5.20. The number of rotatable bonds is 3. The van der Waals surface area contributed by atoms with E-state index in [9.17, 15) is 0 Å². The Morgan fingerprint density at radius 2 is 2.12 bits per heavy atom. The molecule has 1 rings (SSSR count). The van der Waals surface area contributed by atoms with E-state index in [0.29, 0.717) is 19.0 Å². The number of dihydropyridines is 1. The van der Waals surface area contributed by atoms with Gasteiger partial charge in [0.15, 0.2) is 5.88 Å². The molecule has 2 N–H and O–H groups in total. The molecule has 0 radical (unpaired) electrons. The van der Waals surface area contributed by atoms with Gasteiger partial charge in [-0.2, -0.15) is 0 Å². The Hall–Kier alpha value is -1.25. The molecule has 0 saturated heterocycles. The summed E-state index contributed by atoms with van der Waals surface area (Å²) in [6.07, 6.45) is 5.04. The zero-order valence-electron chi connectivity index (χ0n) is 10.7. The average Bonchev–Trinajstić information content (AvgIpc) is 2.16. The fourth-order valence-corrected chi connectivity index (χ4v) is 1.56. The fraction of sp³-hybridized carbons (Fsp3) is 0.615. The van der Waals surface area contributed by atoms with Crippen molar-refractivity contribution in [1.82, 2.24) is 0 Å². The van der Waals surface area contributed by atoms with Crippen LogP contribution in [0.1, 0.15) is 34.1 Å². The molecule has 0 atom stereocenters. The molecule has 0 fully saturated rings. The third-order valence-corrected chi connectivity index (χ3v) is 2.26. The van der Waals surface area contributed by atoms with Crippen molar-refractivity contribution in [3.05, 3.63) is 23.6 Å². The number of ether oxygens (including phenoxy) is 1. The van der Waals surface area contributed by atoms with Crippen molar-refractivity contribution in [2.24, 2.45) is 16.1 Å². The molecule has 0 aromatic heterocycles. The van der Waals surface area contributed by atoms with Crippen LogP contribution in [0, 0.1) is 5.41 Å². The predicted molar refractivity (Wildman–Crippen MR) is 68.4 cm³/mol. The first-order valence-electron chi connectivity index (χ1n) is 5.75. The highest BCUT2D eigenvalue weighted by Crippen LogP contribution is 2.21. The van der Waals surface area contributed by atoms with Gasteiger partial charge < -0.3 is 10.5 Å². The van der Waals surface area contributed by atoms with Crippen molar-refractivity contribution in [1.29, 1.82) is 0 Å². The zero-order chi connectivity index (χ0) is 12.2. The zero-order valence-corrected chi connectivity index (χ0v) is 10.7. The molecule has 0 saturated carbocycles. The van der Waals surface area contributed by atoms with Crippen molar-refractivity contribution >= 4 is 5.71 Å². The predicted octanol–water partition coefficient (Wildman–Crippen LogP) is 2.64. The van der Waals surface area contributed by atoms with Crippen molar-refractivity contribution in [3.63, 3.8) is 0 Å². The Morgan fingerprint density at radius 1 is 1.44 bits per heavy atom. The van der Waals surface area contributed by atoms with Gasteiger partial charge >= 0.3 is 0 Å². The normalized spacial score (nSPS) is 19.4. The van der Waals surface area contributed by atoms with Crippen molar-refractivity contribution in [2.75, 3.05) is 13.2 Å². The molecule has 0 aromatic rings. The van der Waals surface area contributed by atoms with Gasteiger partial charge in [0.25, 0.3) is 0 Å². The number of allylic oxidation sites excluding steroid dienone is 1. The molecular formula is C13H22N2O. The summed E-state index contributed by atoms with van der Waals surface area (Å²) in [4.78, 5) is 4.51. The Kier molecular flexibility index (Phi) is 4.16. The smallest absolute Gasteiger partial charge is 0.189 e. The summed E-state index contributed by atoms with van der Waals surface area (Å²) >= 11 is 0. The molecule has 3 nitrogen and oxygen atoms in total. The van der Waals surface area contributed by atoms with E-state index in [4.69, 9.17) is 10.5 Å². The molecule has 0 aliphatic carbocycles. The fourth-order valence-electron chi connectivity index (χ4n) is 1.56. The van der Waals surface area contributed by atoms with Crippen LogP contribution in [-0.4, -0.2) is 18.9 Å². The Labute approximate surface area is 98.1 Å². The van der Waals surface area contributed by atoms with Crippen molar-refractivity contribution in [2.45, 2.75) is 34.1 Å². The monoisotopic (exact) mass is 222 g/mol. The van der Waals surface area contributed by atoms with E-state index in [1.165, 1.54) is 0 Å². The van der Waals surface area contributed by atoms with Gasteiger partial charge in [-0.3, -0.25) is 4.99 Å². The molecule has 3 heteroatoms. The Morgan fingerprint density at radius 3 is 2.56 bits per heavy atom. The van der Waals surface area contributed by atoms with Gasteiger partial charge in [-0.1, -0.05) is 26.8 Å². The van der Waals surface area contributed by atoms with Crippen LogP contribution in [-0.2, 0) is 4.74 Å². The van der Waals surface area contributed by atoms with Crippen molar-refractivity contribution < 1.29 is 4.74 Å². The van der Waals surface area contributed by atoms with Crippen LogP contribution >= 0.6 is 0 Å². The van der Waals surface area contributed by atoms with Gasteiger partial charge in [0, 0.05) is 11.3 Å². The van der Waals surface area contributed by atoms with Crippen LogP contribution in [0.25, 0.3) is 0 Å². The first kappa shape index (κ1) is 12.8. The van der Waals surface area contributed by atoms with Crippen LogP contribution in [0.3, 0.4) is 0 Å². The summed E-state index contributed by atoms with van der Waals surface area (Å²) in [5.41, 5.74) is 8.15. The number of nitrogens with zero attached hydrogens (tertiary/aromatic N) is 1. The average molecular weight is 222 g/mol. The molecule has 16 heavy (non-hydrogen) atoms. The van der Waals surface area contributed by atoms with Gasteiger partial charge in [0.05, 0.1) is 13.2 Å². The molecular weight excluding hydrogens is 200 g/mol. The Bertz CT molecular complexity index is 332. The highest BCUT2D eigenvalue weighted by Gasteiger charge is 2.15. The van der Waals surface area contributed by atoms with E-state index in [2.05, 4.69) is 25.8 Å². The molecule has 0 amide bonds. The highest BCUT2D eigenvalue weighted by atomic mass is 16.5. The molecule has 90 valence electrons. The maximum Gasteiger partial charge on any atom is 0.189 e. The lowest BCUT2D eigenvalue weighted by Crippen LogP contribution is -2.15. The van der Waals surface area contributed by atoms with Gasteiger partial charge in [-0.05, 0) is 24.8 Å². The lowest BCUT2D eigenvalue weighted by Gasteiger charge is -2.20. The lowest BCUT2D eigenvalue weighted by molar-refractivity contribution is 0.223. The SMILES string of the molecule is CCOC(N)=C1C=CC(CC(C)(C)C)=NC1. The molecule has 0 bridgehead atoms. The maximum atomic E-state index is 5.77. The number of hydrogen-bond donors (Lipinski definition) is 1. The molecule has 0 spiro atoms. The van der Waals surface area contributed by atoms with E-state index >= 15 is 0 Å². The number of nitrogens with two attached hydrogens (primary N) is 1. The van der Waals surface area contributed by atoms with E-state index in [0.717, 1.165) is 17.7 Å².